The summed E-state index contributed by atoms with van der Waals surface area (Å²) in [7, 11) is 1.60. The number of benzene rings is 2. The Balaban J connectivity index is 1.70. The van der Waals surface area contributed by atoms with E-state index in [0.29, 0.717) is 23.1 Å². The molecule has 0 fully saturated rings. The van der Waals surface area contributed by atoms with Crippen LogP contribution in [0.25, 0.3) is 0 Å². The number of aryl methyl sites for hydroxylation is 1. The van der Waals surface area contributed by atoms with Crippen LogP contribution in [-0.2, 0) is 6.54 Å². The van der Waals surface area contributed by atoms with Gasteiger partial charge in [0.25, 0.3) is 5.91 Å². The predicted octanol–water partition coefficient (Wildman–Crippen LogP) is 4.12. The van der Waals surface area contributed by atoms with Crippen LogP contribution in [0.1, 0.15) is 21.6 Å². The summed E-state index contributed by atoms with van der Waals surface area (Å²) < 4.78 is 5.35. The molecule has 3 rings (SSSR count). The van der Waals surface area contributed by atoms with E-state index in [4.69, 9.17) is 16.3 Å². The van der Waals surface area contributed by atoms with E-state index < -0.39 is 0 Å². The lowest BCUT2D eigenvalue weighted by atomic mass is 10.2. The zero-order valence-electron chi connectivity index (χ0n) is 15.0. The van der Waals surface area contributed by atoms with E-state index in [0.717, 1.165) is 16.8 Å². The Morgan fingerprint density at radius 1 is 1.11 bits per heavy atom. The summed E-state index contributed by atoms with van der Waals surface area (Å²) in [5.74, 6) is 0.908. The van der Waals surface area contributed by atoms with Crippen molar-refractivity contribution < 1.29 is 9.53 Å². The van der Waals surface area contributed by atoms with E-state index in [9.17, 15) is 4.79 Å². The maximum Gasteiger partial charge on any atom is 0.270 e. The second-order valence-corrected chi connectivity index (χ2v) is 6.36. The topological polar surface area (TPSA) is 76.1 Å². The Kier molecular flexibility index (Phi) is 5.88. The van der Waals surface area contributed by atoms with Gasteiger partial charge in [0.1, 0.15) is 23.6 Å². The molecule has 0 radical (unpaired) electrons. The first-order valence-electron chi connectivity index (χ1n) is 8.31. The molecule has 0 spiro atoms. The van der Waals surface area contributed by atoms with Gasteiger partial charge in [-0.25, -0.2) is 9.97 Å². The largest absolute Gasteiger partial charge is 0.495 e. The maximum atomic E-state index is 12.4. The maximum absolute atomic E-state index is 12.4. The normalized spacial score (nSPS) is 10.3. The van der Waals surface area contributed by atoms with Gasteiger partial charge in [0.05, 0.1) is 12.8 Å². The molecule has 0 aliphatic rings. The zero-order chi connectivity index (χ0) is 19.2. The van der Waals surface area contributed by atoms with E-state index in [2.05, 4.69) is 20.6 Å². The van der Waals surface area contributed by atoms with Crippen molar-refractivity contribution in [1.29, 1.82) is 0 Å². The number of hydrogen-bond acceptors (Lipinski definition) is 5. The summed E-state index contributed by atoms with van der Waals surface area (Å²) in [6.45, 7) is 2.37. The molecule has 0 saturated carbocycles. The second-order valence-electron chi connectivity index (χ2n) is 5.93. The van der Waals surface area contributed by atoms with Crippen molar-refractivity contribution in [2.75, 3.05) is 12.4 Å². The summed E-state index contributed by atoms with van der Waals surface area (Å²) in [4.78, 5) is 20.6. The van der Waals surface area contributed by atoms with E-state index >= 15 is 0 Å². The van der Waals surface area contributed by atoms with Crippen molar-refractivity contribution in [3.05, 3.63) is 76.7 Å². The fourth-order valence-electron chi connectivity index (χ4n) is 2.48. The molecule has 0 aliphatic carbocycles. The molecule has 2 N–H and O–H groups in total. The number of anilines is 2. The van der Waals surface area contributed by atoms with Gasteiger partial charge in [-0.15, -0.1) is 0 Å². The van der Waals surface area contributed by atoms with E-state index in [-0.39, 0.29) is 11.6 Å². The molecule has 1 aromatic heterocycles. The van der Waals surface area contributed by atoms with E-state index in [1.807, 2.05) is 37.3 Å². The molecule has 3 aromatic rings. The number of nitrogens with zero attached hydrogens (tertiary/aromatic N) is 2. The molecule has 0 unspecified atom stereocenters. The van der Waals surface area contributed by atoms with Crippen LogP contribution in [0.4, 0.5) is 11.5 Å². The molecule has 138 valence electrons. The first kappa shape index (κ1) is 18.7. The van der Waals surface area contributed by atoms with Crippen molar-refractivity contribution in [2.24, 2.45) is 0 Å². The highest BCUT2D eigenvalue weighted by Gasteiger charge is 2.10. The fraction of sp³-hybridized carbons (Fsp3) is 0.150. The van der Waals surface area contributed by atoms with Gasteiger partial charge in [-0.1, -0.05) is 29.8 Å². The van der Waals surface area contributed by atoms with Crippen LogP contribution in [0.2, 0.25) is 5.02 Å². The van der Waals surface area contributed by atoms with Gasteiger partial charge in [0, 0.05) is 17.6 Å². The van der Waals surface area contributed by atoms with Crippen molar-refractivity contribution in [3.63, 3.8) is 0 Å². The molecule has 6 nitrogen and oxygen atoms in total. The third-order valence-electron chi connectivity index (χ3n) is 3.88. The summed E-state index contributed by atoms with van der Waals surface area (Å²) in [6.07, 6.45) is 1.35. The van der Waals surface area contributed by atoms with Crippen LogP contribution in [0, 0.1) is 6.92 Å². The first-order valence-corrected chi connectivity index (χ1v) is 8.69. The molecular formula is C20H19ClN4O2. The van der Waals surface area contributed by atoms with Crippen LogP contribution in [-0.4, -0.2) is 23.0 Å². The van der Waals surface area contributed by atoms with Gasteiger partial charge in [0.15, 0.2) is 0 Å². The third-order valence-corrected chi connectivity index (χ3v) is 4.14. The standard InChI is InChI=1S/C20H19ClN4O2/c1-13-3-8-18(27-2)16(9-13)25-19-10-17(23-12-24-19)20(26)22-11-14-4-6-15(21)7-5-14/h3-10,12H,11H2,1-2H3,(H,22,26)(H,23,24,25). The third kappa shape index (κ3) is 4.95. The SMILES string of the molecule is COc1ccc(C)cc1Nc1cc(C(=O)NCc2ccc(Cl)cc2)ncn1. The van der Waals surface area contributed by atoms with E-state index in [1.165, 1.54) is 6.33 Å². The minimum atomic E-state index is -0.286. The molecule has 27 heavy (non-hydrogen) atoms. The molecular weight excluding hydrogens is 364 g/mol. The Bertz CT molecular complexity index is 945. The zero-order valence-corrected chi connectivity index (χ0v) is 15.7. The summed E-state index contributed by atoms with van der Waals surface area (Å²) in [6, 6.07) is 14.7. The summed E-state index contributed by atoms with van der Waals surface area (Å²) in [5, 5.41) is 6.66. The lowest BCUT2D eigenvalue weighted by molar-refractivity contribution is 0.0946. The van der Waals surface area contributed by atoms with Gasteiger partial charge in [0.2, 0.25) is 0 Å². The quantitative estimate of drug-likeness (QED) is 0.670. The number of rotatable bonds is 6. The molecule has 0 bridgehead atoms. The number of aromatic nitrogens is 2. The number of nitrogens with one attached hydrogen (secondary N) is 2. The number of methoxy groups -OCH3 is 1. The lowest BCUT2D eigenvalue weighted by Gasteiger charge is -2.12. The van der Waals surface area contributed by atoms with Crippen LogP contribution < -0.4 is 15.4 Å². The number of ether oxygens (including phenoxy) is 1. The van der Waals surface area contributed by atoms with E-state index in [1.54, 1.807) is 25.3 Å². The fourth-order valence-corrected chi connectivity index (χ4v) is 2.61. The highest BCUT2D eigenvalue weighted by Crippen LogP contribution is 2.27. The molecule has 1 amide bonds. The van der Waals surface area contributed by atoms with Gasteiger partial charge in [-0.05, 0) is 42.3 Å². The van der Waals surface area contributed by atoms with Crippen LogP contribution in [0.5, 0.6) is 5.75 Å². The Morgan fingerprint density at radius 2 is 1.89 bits per heavy atom. The average Bonchev–Trinajstić information content (AvgIpc) is 2.68. The van der Waals surface area contributed by atoms with Crippen molar-refractivity contribution in [2.45, 2.75) is 13.5 Å². The van der Waals surface area contributed by atoms with Crippen LogP contribution >= 0.6 is 11.6 Å². The molecule has 1 heterocycles. The Hall–Kier alpha value is -3.12. The van der Waals surface area contributed by atoms with Crippen molar-refractivity contribution in [3.8, 4) is 5.75 Å². The van der Waals surface area contributed by atoms with Crippen LogP contribution in [0.3, 0.4) is 0 Å². The van der Waals surface area contributed by atoms with Crippen molar-refractivity contribution in [1.82, 2.24) is 15.3 Å². The number of halogens is 1. The Labute approximate surface area is 162 Å². The summed E-state index contributed by atoms with van der Waals surface area (Å²) in [5.41, 5.74) is 3.06. The van der Waals surface area contributed by atoms with Gasteiger partial charge in [-0.3, -0.25) is 4.79 Å². The minimum absolute atomic E-state index is 0.271. The molecule has 0 aliphatic heterocycles. The molecule has 0 saturated heterocycles. The second kappa shape index (κ2) is 8.51. The first-order chi connectivity index (χ1) is 13.0. The van der Waals surface area contributed by atoms with Gasteiger partial charge in [-0.2, -0.15) is 0 Å². The number of carbonyl (C=O) groups is 1. The Morgan fingerprint density at radius 3 is 2.63 bits per heavy atom. The highest BCUT2D eigenvalue weighted by atomic mass is 35.5. The highest BCUT2D eigenvalue weighted by molar-refractivity contribution is 6.30. The van der Waals surface area contributed by atoms with Crippen molar-refractivity contribution >= 4 is 29.0 Å². The van der Waals surface area contributed by atoms with Gasteiger partial charge >= 0.3 is 0 Å². The van der Waals surface area contributed by atoms with Crippen LogP contribution in [0.15, 0.2) is 54.9 Å². The van der Waals surface area contributed by atoms with Gasteiger partial charge < -0.3 is 15.4 Å². The molecule has 2 aromatic carbocycles. The average molecular weight is 383 g/mol. The number of carbonyl (C=O) groups excluding carboxylic acids is 1. The lowest BCUT2D eigenvalue weighted by Crippen LogP contribution is -2.24. The molecule has 0 atom stereocenters. The minimum Gasteiger partial charge on any atom is -0.495 e. The monoisotopic (exact) mass is 382 g/mol. The molecule has 7 heteroatoms. The summed E-state index contributed by atoms with van der Waals surface area (Å²) >= 11 is 5.87. The smallest absolute Gasteiger partial charge is 0.270 e. The number of amides is 1. The predicted molar refractivity (Wildman–Crippen MR) is 106 cm³/mol. The number of hydrogen-bond donors (Lipinski definition) is 2.